The van der Waals surface area contributed by atoms with E-state index in [1.54, 1.807) is 12.1 Å². The topological polar surface area (TPSA) is 52.6 Å². The number of hydrogen-bond acceptors (Lipinski definition) is 4. The highest BCUT2D eigenvalue weighted by atomic mass is 35.5. The second-order valence-electron chi connectivity index (χ2n) is 5.42. The summed E-state index contributed by atoms with van der Waals surface area (Å²) >= 11 is 5.78. The van der Waals surface area contributed by atoms with Crippen LogP contribution in [0.15, 0.2) is 24.3 Å². The number of carbonyl (C=O) groups excluding carboxylic acids is 2. The van der Waals surface area contributed by atoms with Crippen molar-refractivity contribution in [3.63, 3.8) is 0 Å². The summed E-state index contributed by atoms with van der Waals surface area (Å²) in [5.74, 6) is -0.553. The number of carbonyl (C=O) groups is 2. The summed E-state index contributed by atoms with van der Waals surface area (Å²) in [6.45, 7) is 2.83. The maximum atomic E-state index is 11.6. The Labute approximate surface area is 143 Å². The van der Waals surface area contributed by atoms with Crippen LogP contribution in [0.1, 0.15) is 57.4 Å². The lowest BCUT2D eigenvalue weighted by Crippen LogP contribution is -2.08. The van der Waals surface area contributed by atoms with E-state index < -0.39 is 0 Å². The molecule has 0 N–H and O–H groups in total. The van der Waals surface area contributed by atoms with Crippen LogP contribution in [0.25, 0.3) is 0 Å². The molecule has 0 aromatic heterocycles. The molecule has 1 rings (SSSR count). The third-order valence-corrected chi connectivity index (χ3v) is 3.59. The first-order chi connectivity index (χ1) is 11.1. The molecule has 0 aliphatic heterocycles. The van der Waals surface area contributed by atoms with Crippen molar-refractivity contribution in [1.29, 1.82) is 0 Å². The summed E-state index contributed by atoms with van der Waals surface area (Å²) < 4.78 is 10.2. The molecule has 0 aliphatic rings. The Morgan fingerprint density at radius 1 is 0.913 bits per heavy atom. The second kappa shape index (κ2) is 11.9. The number of halogens is 1. The van der Waals surface area contributed by atoms with Gasteiger partial charge in [0.2, 0.25) is 0 Å². The van der Waals surface area contributed by atoms with Gasteiger partial charge in [-0.1, -0.05) is 49.9 Å². The van der Waals surface area contributed by atoms with Crippen LogP contribution < -0.4 is 0 Å². The molecule has 0 radical (unpaired) electrons. The molecular weight excluding hydrogens is 316 g/mol. The molecule has 0 fully saturated rings. The minimum Gasteiger partial charge on any atom is -0.466 e. The summed E-state index contributed by atoms with van der Waals surface area (Å²) in [5.41, 5.74) is 0.884. The first-order valence-corrected chi connectivity index (χ1v) is 8.55. The van der Waals surface area contributed by atoms with E-state index in [1.807, 2.05) is 12.1 Å². The number of rotatable bonds is 11. The van der Waals surface area contributed by atoms with Crippen molar-refractivity contribution in [3.8, 4) is 0 Å². The molecule has 1 aromatic carbocycles. The Kier molecular flexibility index (Phi) is 10.1. The van der Waals surface area contributed by atoms with Crippen LogP contribution in [0, 0.1) is 0 Å². The summed E-state index contributed by atoms with van der Waals surface area (Å²) in [4.78, 5) is 23.1. The Morgan fingerprint density at radius 2 is 1.57 bits per heavy atom. The van der Waals surface area contributed by atoms with Crippen molar-refractivity contribution in [1.82, 2.24) is 0 Å². The minimum absolute atomic E-state index is 0.220. The molecule has 0 spiro atoms. The van der Waals surface area contributed by atoms with Gasteiger partial charge in [0.05, 0.1) is 6.61 Å². The number of esters is 2. The highest BCUT2D eigenvalue weighted by Gasteiger charge is 2.07. The molecule has 0 atom stereocenters. The van der Waals surface area contributed by atoms with Crippen LogP contribution in [-0.2, 0) is 25.7 Å². The van der Waals surface area contributed by atoms with Crippen molar-refractivity contribution in [3.05, 3.63) is 34.9 Å². The van der Waals surface area contributed by atoms with E-state index in [-0.39, 0.29) is 31.4 Å². The van der Waals surface area contributed by atoms with E-state index in [2.05, 4.69) is 6.92 Å². The lowest BCUT2D eigenvalue weighted by atomic mass is 10.2. The summed E-state index contributed by atoms with van der Waals surface area (Å²) in [7, 11) is 0. The molecule has 1 aromatic rings. The third kappa shape index (κ3) is 9.95. The zero-order valence-corrected chi connectivity index (χ0v) is 14.4. The van der Waals surface area contributed by atoms with Crippen molar-refractivity contribution < 1.29 is 19.1 Å². The normalized spacial score (nSPS) is 10.3. The minimum atomic E-state index is -0.310. The Morgan fingerprint density at radius 3 is 2.22 bits per heavy atom. The van der Waals surface area contributed by atoms with E-state index in [0.29, 0.717) is 18.1 Å². The summed E-state index contributed by atoms with van der Waals surface area (Å²) in [6.07, 6.45) is 5.24. The smallest absolute Gasteiger partial charge is 0.306 e. The molecule has 0 bridgehead atoms. The van der Waals surface area contributed by atoms with Gasteiger partial charge in [-0.05, 0) is 30.5 Å². The molecule has 0 amide bonds. The molecule has 23 heavy (non-hydrogen) atoms. The van der Waals surface area contributed by atoms with Crippen molar-refractivity contribution in [2.24, 2.45) is 0 Å². The van der Waals surface area contributed by atoms with Gasteiger partial charge in [0, 0.05) is 17.9 Å². The molecular formula is C18H25ClO4. The van der Waals surface area contributed by atoms with Gasteiger partial charge < -0.3 is 9.47 Å². The van der Waals surface area contributed by atoms with Crippen LogP contribution in [0.5, 0.6) is 0 Å². The number of hydrogen-bond donors (Lipinski definition) is 0. The lowest BCUT2D eigenvalue weighted by molar-refractivity contribution is -0.146. The zero-order chi connectivity index (χ0) is 16.9. The monoisotopic (exact) mass is 340 g/mol. The molecule has 0 aliphatic carbocycles. The third-order valence-electron chi connectivity index (χ3n) is 3.34. The van der Waals surface area contributed by atoms with Crippen molar-refractivity contribution >= 4 is 23.5 Å². The maximum absolute atomic E-state index is 11.6. The second-order valence-corrected chi connectivity index (χ2v) is 5.86. The average molecular weight is 341 g/mol. The predicted octanol–water partition coefficient (Wildman–Crippen LogP) is 4.68. The highest BCUT2D eigenvalue weighted by Crippen LogP contribution is 2.11. The van der Waals surface area contributed by atoms with Gasteiger partial charge >= 0.3 is 11.9 Å². The fraction of sp³-hybridized carbons (Fsp3) is 0.556. The maximum Gasteiger partial charge on any atom is 0.306 e. The zero-order valence-electron chi connectivity index (χ0n) is 13.7. The first kappa shape index (κ1) is 19.5. The molecule has 128 valence electrons. The van der Waals surface area contributed by atoms with Gasteiger partial charge in [-0.2, -0.15) is 0 Å². The largest absolute Gasteiger partial charge is 0.466 e. The molecule has 0 heterocycles. The molecule has 5 heteroatoms. The number of ether oxygens (including phenoxy) is 2. The average Bonchev–Trinajstić information content (AvgIpc) is 2.54. The van der Waals surface area contributed by atoms with Crippen LogP contribution in [-0.4, -0.2) is 18.5 Å². The molecule has 0 saturated carbocycles. The Balaban J connectivity index is 2.04. The van der Waals surface area contributed by atoms with Gasteiger partial charge in [0.1, 0.15) is 6.61 Å². The molecule has 0 saturated heterocycles. The van der Waals surface area contributed by atoms with Gasteiger partial charge in [-0.25, -0.2) is 0 Å². The van der Waals surface area contributed by atoms with E-state index >= 15 is 0 Å². The summed E-state index contributed by atoms with van der Waals surface area (Å²) in [6, 6.07) is 7.12. The predicted molar refractivity (Wildman–Crippen MR) is 90.2 cm³/mol. The van der Waals surface area contributed by atoms with Crippen LogP contribution in [0.3, 0.4) is 0 Å². The van der Waals surface area contributed by atoms with E-state index in [1.165, 1.54) is 0 Å². The van der Waals surface area contributed by atoms with Crippen LogP contribution in [0.2, 0.25) is 5.02 Å². The molecule has 4 nitrogen and oxygen atoms in total. The molecule has 0 unspecified atom stereocenters. The van der Waals surface area contributed by atoms with Gasteiger partial charge in [-0.3, -0.25) is 9.59 Å². The van der Waals surface area contributed by atoms with Gasteiger partial charge in [0.25, 0.3) is 0 Å². The quantitative estimate of drug-likeness (QED) is 0.433. The lowest BCUT2D eigenvalue weighted by Gasteiger charge is -2.06. The van der Waals surface area contributed by atoms with Gasteiger partial charge in [-0.15, -0.1) is 0 Å². The van der Waals surface area contributed by atoms with E-state index in [9.17, 15) is 9.59 Å². The summed E-state index contributed by atoms with van der Waals surface area (Å²) in [5, 5.41) is 0.647. The highest BCUT2D eigenvalue weighted by molar-refractivity contribution is 6.30. The first-order valence-electron chi connectivity index (χ1n) is 8.17. The standard InChI is InChI=1S/C18H25ClO4/c1-2-3-4-5-13-22-17(20)7-6-8-18(21)23-14-15-9-11-16(19)12-10-15/h9-12H,2-8,13-14H2,1H3. The number of unbranched alkanes of at least 4 members (excludes halogenated alkanes) is 3. The van der Waals surface area contributed by atoms with Crippen LogP contribution in [0.4, 0.5) is 0 Å². The fourth-order valence-corrected chi connectivity index (χ4v) is 2.11. The fourth-order valence-electron chi connectivity index (χ4n) is 1.98. The van der Waals surface area contributed by atoms with Gasteiger partial charge in [0.15, 0.2) is 0 Å². The SMILES string of the molecule is CCCCCCOC(=O)CCCC(=O)OCc1ccc(Cl)cc1. The number of benzene rings is 1. The van der Waals surface area contributed by atoms with Crippen molar-refractivity contribution in [2.45, 2.75) is 58.5 Å². The van der Waals surface area contributed by atoms with Crippen molar-refractivity contribution in [2.75, 3.05) is 6.61 Å². The van der Waals surface area contributed by atoms with E-state index in [4.69, 9.17) is 21.1 Å². The van der Waals surface area contributed by atoms with E-state index in [0.717, 1.165) is 31.2 Å². The Bertz CT molecular complexity index is 470. The Hall–Kier alpha value is -1.55. The van der Waals surface area contributed by atoms with Crippen LogP contribution >= 0.6 is 11.6 Å².